The lowest BCUT2D eigenvalue weighted by atomic mass is 9.75. The van der Waals surface area contributed by atoms with Gasteiger partial charge in [-0.1, -0.05) is 17.7 Å². The fraction of sp³-hybridized carbons (Fsp3) is 0.444. The van der Waals surface area contributed by atoms with E-state index in [2.05, 4.69) is 4.99 Å². The molecule has 2 aromatic rings. The van der Waals surface area contributed by atoms with Crippen molar-refractivity contribution in [3.8, 4) is 17.2 Å². The minimum Gasteiger partial charge on any atom is -0.496 e. The third kappa shape index (κ3) is 5.64. The van der Waals surface area contributed by atoms with Gasteiger partial charge < -0.3 is 29.2 Å². The SMILES string of the molecule is CCOC(=O)C1=C(C=O)C(=C2CCC(=O)C(c3ccc4c(c3)=CCN=4)C2)c2c(cc3c(c2OC)CC(C(C)(O)CCCCO)O3)O1. The summed E-state index contributed by atoms with van der Waals surface area (Å²) in [6, 6.07) is 7.55. The monoisotopic (exact) mass is 629 g/mol. The van der Waals surface area contributed by atoms with Crippen LogP contribution >= 0.6 is 0 Å². The zero-order chi connectivity index (χ0) is 32.6. The highest BCUT2D eigenvalue weighted by atomic mass is 16.6. The largest absolute Gasteiger partial charge is 0.496 e. The van der Waals surface area contributed by atoms with Gasteiger partial charge in [0.1, 0.15) is 29.1 Å². The molecular weight excluding hydrogens is 590 g/mol. The van der Waals surface area contributed by atoms with E-state index in [4.69, 9.17) is 18.9 Å². The molecule has 242 valence electrons. The van der Waals surface area contributed by atoms with Crippen LogP contribution in [0.15, 0.2) is 46.2 Å². The Morgan fingerprint density at radius 2 is 2.00 bits per heavy atom. The number of aliphatic hydroxyl groups excluding tert-OH is 1. The molecular formula is C36H39NO9. The summed E-state index contributed by atoms with van der Waals surface area (Å²) in [5, 5.41) is 22.5. The Morgan fingerprint density at radius 3 is 2.74 bits per heavy atom. The molecule has 10 nitrogen and oxygen atoms in total. The highest BCUT2D eigenvalue weighted by Crippen LogP contribution is 2.54. The average molecular weight is 630 g/mol. The zero-order valence-corrected chi connectivity index (χ0v) is 26.4. The molecule has 6 rings (SSSR count). The number of benzene rings is 2. The van der Waals surface area contributed by atoms with E-state index in [0.717, 1.165) is 21.7 Å². The van der Waals surface area contributed by atoms with E-state index in [9.17, 15) is 24.6 Å². The van der Waals surface area contributed by atoms with Gasteiger partial charge in [0.05, 0.1) is 42.4 Å². The Hall–Kier alpha value is -4.28. The first-order valence-corrected chi connectivity index (χ1v) is 15.9. The second kappa shape index (κ2) is 12.8. The number of allylic oxidation sites excluding steroid dienone is 3. The first-order chi connectivity index (χ1) is 22.2. The highest BCUT2D eigenvalue weighted by Gasteiger charge is 2.43. The molecule has 3 heterocycles. The van der Waals surface area contributed by atoms with Crippen molar-refractivity contribution in [3.05, 3.63) is 68.4 Å². The number of ketones is 1. The molecule has 1 saturated carbocycles. The van der Waals surface area contributed by atoms with Gasteiger partial charge in [0, 0.05) is 42.6 Å². The smallest absolute Gasteiger partial charge is 0.375 e. The van der Waals surface area contributed by atoms with Crippen molar-refractivity contribution in [2.45, 2.75) is 76.4 Å². The molecule has 46 heavy (non-hydrogen) atoms. The van der Waals surface area contributed by atoms with Crippen molar-refractivity contribution in [3.63, 3.8) is 0 Å². The normalized spacial score (nSPS) is 22.8. The molecule has 1 fully saturated rings. The Morgan fingerprint density at radius 1 is 1.17 bits per heavy atom. The average Bonchev–Trinajstić information content (AvgIpc) is 3.70. The molecule has 2 aromatic carbocycles. The fourth-order valence-corrected chi connectivity index (χ4v) is 7.00. The Labute approximate surface area is 267 Å². The molecule has 0 saturated heterocycles. The van der Waals surface area contributed by atoms with Gasteiger partial charge in [-0.25, -0.2) is 4.79 Å². The van der Waals surface area contributed by atoms with E-state index in [1.807, 2.05) is 24.3 Å². The quantitative estimate of drug-likeness (QED) is 0.231. The summed E-state index contributed by atoms with van der Waals surface area (Å²) < 4.78 is 23.7. The Bertz CT molecular complexity index is 1780. The van der Waals surface area contributed by atoms with E-state index in [1.54, 1.807) is 19.9 Å². The fourth-order valence-electron chi connectivity index (χ4n) is 7.00. The van der Waals surface area contributed by atoms with Gasteiger partial charge in [0.2, 0.25) is 5.76 Å². The topological polar surface area (TPSA) is 141 Å². The van der Waals surface area contributed by atoms with Crippen LogP contribution in [0.25, 0.3) is 11.6 Å². The van der Waals surface area contributed by atoms with Crippen LogP contribution in [0.3, 0.4) is 0 Å². The van der Waals surface area contributed by atoms with E-state index in [-0.39, 0.29) is 42.5 Å². The molecule has 4 aliphatic rings. The van der Waals surface area contributed by atoms with Crippen LogP contribution in [-0.2, 0) is 25.5 Å². The van der Waals surface area contributed by atoms with Crippen molar-refractivity contribution in [2.24, 2.45) is 4.99 Å². The molecule has 3 atom stereocenters. The third-order valence-corrected chi connectivity index (χ3v) is 9.40. The number of carbonyl (C=O) groups is 3. The van der Waals surface area contributed by atoms with Gasteiger partial charge >= 0.3 is 5.97 Å². The number of Topliss-reactive ketones (excluding diaryl/α,β-unsaturated/α-hetero) is 1. The Balaban J connectivity index is 1.49. The second-order valence-electron chi connectivity index (χ2n) is 12.4. The zero-order valence-electron chi connectivity index (χ0n) is 26.4. The molecule has 0 bridgehead atoms. The standard InChI is InChI=1S/C36H39NO9/c1-4-44-35(41)34-25(19-39)31(22-8-10-27(40)23(16-22)20-7-9-26-21(15-20)11-13-37-26)32-29(46-34)18-28-24(33(32)43-3)17-30(45-28)36(2,42)12-5-6-14-38/h7,9,11,15,18-19,23,30,38,42H,4-6,8,10,12-14,16-17H2,1-3H3. The van der Waals surface area contributed by atoms with E-state index in [0.29, 0.717) is 79.6 Å². The summed E-state index contributed by atoms with van der Waals surface area (Å²) >= 11 is 0. The van der Waals surface area contributed by atoms with Crippen LogP contribution in [0, 0.1) is 0 Å². The van der Waals surface area contributed by atoms with Crippen LogP contribution < -0.4 is 24.8 Å². The van der Waals surface area contributed by atoms with Gasteiger partial charge in [0.25, 0.3) is 0 Å². The number of unbranched alkanes of at least 4 members (excludes halogenated alkanes) is 1. The number of aldehydes is 1. The molecule has 3 aliphatic heterocycles. The maximum Gasteiger partial charge on any atom is 0.375 e. The summed E-state index contributed by atoms with van der Waals surface area (Å²) in [5.74, 6) is -0.219. The Kier molecular flexibility index (Phi) is 8.85. The number of nitrogens with zero attached hydrogens (tertiary/aromatic N) is 1. The summed E-state index contributed by atoms with van der Waals surface area (Å²) in [6.07, 6.45) is 4.99. The van der Waals surface area contributed by atoms with Crippen molar-refractivity contribution >= 4 is 29.7 Å². The number of esters is 1. The molecule has 0 aromatic heterocycles. The number of methoxy groups -OCH3 is 1. The number of carbonyl (C=O) groups excluding carboxylic acids is 3. The van der Waals surface area contributed by atoms with Crippen LogP contribution in [-0.4, -0.2) is 66.8 Å². The van der Waals surface area contributed by atoms with Crippen LogP contribution in [0.4, 0.5) is 0 Å². The molecule has 0 radical (unpaired) electrons. The minimum absolute atomic E-state index is 0.0409. The minimum atomic E-state index is -1.19. The van der Waals surface area contributed by atoms with Gasteiger partial charge in [-0.3, -0.25) is 14.6 Å². The lowest BCUT2D eigenvalue weighted by molar-refractivity contribution is -0.141. The van der Waals surface area contributed by atoms with E-state index in [1.165, 1.54) is 7.11 Å². The van der Waals surface area contributed by atoms with Crippen LogP contribution in [0.1, 0.15) is 75.0 Å². The van der Waals surface area contributed by atoms with E-state index >= 15 is 0 Å². The van der Waals surface area contributed by atoms with Gasteiger partial charge in [-0.2, -0.15) is 0 Å². The van der Waals surface area contributed by atoms with Crippen molar-refractivity contribution in [1.29, 1.82) is 0 Å². The van der Waals surface area contributed by atoms with Crippen molar-refractivity contribution in [1.82, 2.24) is 0 Å². The summed E-state index contributed by atoms with van der Waals surface area (Å²) in [7, 11) is 1.52. The lowest BCUT2D eigenvalue weighted by Gasteiger charge is -2.31. The second-order valence-corrected chi connectivity index (χ2v) is 12.4. The van der Waals surface area contributed by atoms with Gasteiger partial charge in [-0.15, -0.1) is 0 Å². The summed E-state index contributed by atoms with van der Waals surface area (Å²) in [4.78, 5) is 43.9. The molecule has 2 N–H and O–H groups in total. The molecule has 3 unspecified atom stereocenters. The van der Waals surface area contributed by atoms with Crippen molar-refractivity contribution in [2.75, 3.05) is 26.9 Å². The molecule has 0 spiro atoms. The number of hydrogen-bond donors (Lipinski definition) is 2. The molecule has 0 amide bonds. The maximum atomic E-state index is 13.4. The van der Waals surface area contributed by atoms with Crippen molar-refractivity contribution < 1.29 is 43.5 Å². The number of ether oxygens (including phenoxy) is 4. The number of aliphatic hydroxyl groups is 2. The number of fused-ring (bicyclic) bond motifs is 3. The molecule has 1 aliphatic carbocycles. The first kappa shape index (κ1) is 31.7. The van der Waals surface area contributed by atoms with E-state index < -0.39 is 23.6 Å². The van der Waals surface area contributed by atoms with Crippen LogP contribution in [0.2, 0.25) is 0 Å². The predicted molar refractivity (Wildman–Crippen MR) is 168 cm³/mol. The summed E-state index contributed by atoms with van der Waals surface area (Å²) in [6.45, 7) is 4.12. The maximum absolute atomic E-state index is 13.4. The summed E-state index contributed by atoms with van der Waals surface area (Å²) in [5.41, 5.74) is 2.27. The predicted octanol–water partition coefficient (Wildman–Crippen LogP) is 3.02. The third-order valence-electron chi connectivity index (χ3n) is 9.40. The van der Waals surface area contributed by atoms with Gasteiger partial charge in [-0.05, 0) is 68.9 Å². The highest BCUT2D eigenvalue weighted by molar-refractivity contribution is 6.10. The number of hydrogen-bond acceptors (Lipinski definition) is 10. The van der Waals surface area contributed by atoms with Crippen LogP contribution in [0.5, 0.6) is 17.2 Å². The molecule has 10 heteroatoms. The first-order valence-electron chi connectivity index (χ1n) is 15.9. The van der Waals surface area contributed by atoms with Gasteiger partial charge in [0.15, 0.2) is 6.29 Å². The lowest BCUT2D eigenvalue weighted by Crippen LogP contribution is -2.42. The number of rotatable bonds is 10.